The third-order valence-electron chi connectivity index (χ3n) is 5.14. The SMILES string of the molecule is CC(C)[C@@](N)(CCc1cnc[nH]1)C(=O)NCc1cccc2ccccc12. The summed E-state index contributed by atoms with van der Waals surface area (Å²) in [5.41, 5.74) is 7.69. The lowest BCUT2D eigenvalue weighted by atomic mass is 9.82. The van der Waals surface area contributed by atoms with Crippen molar-refractivity contribution in [1.82, 2.24) is 15.3 Å². The van der Waals surface area contributed by atoms with Crippen molar-refractivity contribution in [2.24, 2.45) is 11.7 Å². The predicted octanol–water partition coefficient (Wildman–Crippen LogP) is 3.17. The number of nitrogens with two attached hydrogens (primary N) is 1. The normalized spacial score (nSPS) is 13.7. The molecule has 0 unspecified atom stereocenters. The van der Waals surface area contributed by atoms with E-state index in [1.54, 1.807) is 12.5 Å². The zero-order chi connectivity index (χ0) is 18.6. The highest BCUT2D eigenvalue weighted by Gasteiger charge is 2.36. The van der Waals surface area contributed by atoms with Gasteiger partial charge < -0.3 is 16.0 Å². The number of aryl methyl sites for hydroxylation is 1. The van der Waals surface area contributed by atoms with Crippen molar-refractivity contribution in [2.75, 3.05) is 0 Å². The molecule has 0 spiro atoms. The fourth-order valence-corrected chi connectivity index (χ4v) is 3.21. The number of benzene rings is 2. The third-order valence-corrected chi connectivity index (χ3v) is 5.14. The van der Waals surface area contributed by atoms with E-state index in [4.69, 9.17) is 5.73 Å². The van der Waals surface area contributed by atoms with Crippen molar-refractivity contribution in [3.8, 4) is 0 Å². The maximum atomic E-state index is 12.9. The van der Waals surface area contributed by atoms with Gasteiger partial charge in [-0.25, -0.2) is 4.98 Å². The van der Waals surface area contributed by atoms with Gasteiger partial charge >= 0.3 is 0 Å². The lowest BCUT2D eigenvalue weighted by Gasteiger charge is -2.32. The van der Waals surface area contributed by atoms with Crippen LogP contribution >= 0.6 is 0 Å². The topological polar surface area (TPSA) is 83.8 Å². The van der Waals surface area contributed by atoms with Crippen LogP contribution in [0.1, 0.15) is 31.5 Å². The lowest BCUT2D eigenvalue weighted by Crippen LogP contribution is -2.57. The number of carbonyl (C=O) groups excluding carboxylic acids is 1. The van der Waals surface area contributed by atoms with Gasteiger partial charge in [-0.1, -0.05) is 56.3 Å². The van der Waals surface area contributed by atoms with Crippen molar-refractivity contribution in [3.63, 3.8) is 0 Å². The summed E-state index contributed by atoms with van der Waals surface area (Å²) in [6, 6.07) is 14.3. The average Bonchev–Trinajstić information content (AvgIpc) is 3.17. The molecule has 3 aromatic rings. The Morgan fingerprint density at radius 1 is 1.23 bits per heavy atom. The Labute approximate surface area is 154 Å². The molecule has 0 radical (unpaired) electrons. The average molecular weight is 350 g/mol. The number of nitrogens with one attached hydrogen (secondary N) is 2. The molecule has 5 heteroatoms. The maximum absolute atomic E-state index is 12.9. The van der Waals surface area contributed by atoms with Gasteiger partial charge in [-0.05, 0) is 35.1 Å². The van der Waals surface area contributed by atoms with E-state index in [-0.39, 0.29) is 11.8 Å². The zero-order valence-electron chi connectivity index (χ0n) is 15.3. The molecule has 5 nitrogen and oxygen atoms in total. The number of imidazole rings is 1. The van der Waals surface area contributed by atoms with Crippen molar-refractivity contribution in [2.45, 2.75) is 38.8 Å². The molecule has 1 heterocycles. The Morgan fingerprint density at radius 3 is 2.73 bits per heavy atom. The Morgan fingerprint density at radius 2 is 2.00 bits per heavy atom. The molecule has 2 aromatic carbocycles. The van der Waals surface area contributed by atoms with Crippen LogP contribution in [0, 0.1) is 5.92 Å². The van der Waals surface area contributed by atoms with Crippen molar-refractivity contribution < 1.29 is 4.79 Å². The van der Waals surface area contributed by atoms with Gasteiger partial charge in [0.15, 0.2) is 0 Å². The maximum Gasteiger partial charge on any atom is 0.240 e. The van der Waals surface area contributed by atoms with Crippen molar-refractivity contribution >= 4 is 16.7 Å². The molecule has 0 aliphatic rings. The van der Waals surface area contributed by atoms with Crippen LogP contribution in [-0.2, 0) is 17.8 Å². The van der Waals surface area contributed by atoms with E-state index in [2.05, 4.69) is 33.5 Å². The predicted molar refractivity (Wildman–Crippen MR) is 104 cm³/mol. The molecule has 0 bridgehead atoms. The lowest BCUT2D eigenvalue weighted by molar-refractivity contribution is -0.128. The first-order valence-electron chi connectivity index (χ1n) is 9.02. The molecular weight excluding hydrogens is 324 g/mol. The van der Waals surface area contributed by atoms with Gasteiger partial charge in [-0.3, -0.25) is 4.79 Å². The molecule has 26 heavy (non-hydrogen) atoms. The number of fused-ring (bicyclic) bond motifs is 1. The number of aromatic amines is 1. The molecule has 0 aliphatic heterocycles. The highest BCUT2D eigenvalue weighted by molar-refractivity contribution is 5.88. The molecule has 0 fully saturated rings. The Hall–Kier alpha value is -2.66. The first-order valence-corrected chi connectivity index (χ1v) is 9.02. The number of aromatic nitrogens is 2. The van der Waals surface area contributed by atoms with Crippen LogP contribution in [0.2, 0.25) is 0 Å². The minimum Gasteiger partial charge on any atom is -0.350 e. The third kappa shape index (κ3) is 3.78. The minimum absolute atomic E-state index is 0.0259. The second-order valence-corrected chi connectivity index (χ2v) is 7.09. The van der Waals surface area contributed by atoms with Gasteiger partial charge in [0.2, 0.25) is 5.91 Å². The fourth-order valence-electron chi connectivity index (χ4n) is 3.21. The summed E-state index contributed by atoms with van der Waals surface area (Å²) in [6.45, 7) is 4.45. The molecular formula is C21H26N4O. The summed E-state index contributed by atoms with van der Waals surface area (Å²) in [5.74, 6) is -0.0853. The molecule has 1 amide bonds. The summed E-state index contributed by atoms with van der Waals surface area (Å²) in [6.07, 6.45) is 4.67. The van der Waals surface area contributed by atoms with E-state index in [0.29, 0.717) is 19.4 Å². The van der Waals surface area contributed by atoms with Crippen molar-refractivity contribution in [1.29, 1.82) is 0 Å². The Balaban J connectivity index is 1.71. The van der Waals surface area contributed by atoms with E-state index >= 15 is 0 Å². The zero-order valence-corrected chi connectivity index (χ0v) is 15.3. The van der Waals surface area contributed by atoms with Gasteiger partial charge in [0, 0.05) is 18.4 Å². The monoisotopic (exact) mass is 350 g/mol. The number of H-pyrrole nitrogens is 1. The standard InChI is InChI=1S/C21H26N4O/c1-15(2)21(22,11-10-18-13-23-14-25-18)20(26)24-12-17-8-5-7-16-6-3-4-9-19(16)17/h3-9,13-15H,10-12,22H2,1-2H3,(H,23,25)(H,24,26)/t21-/m0/s1. The Kier molecular flexibility index (Phi) is 5.38. The highest BCUT2D eigenvalue weighted by atomic mass is 16.2. The first-order chi connectivity index (χ1) is 12.5. The van der Waals surface area contributed by atoms with Gasteiger partial charge in [0.1, 0.15) is 0 Å². The van der Waals surface area contributed by atoms with E-state index in [9.17, 15) is 4.79 Å². The number of rotatable bonds is 7. The van der Waals surface area contributed by atoms with Gasteiger partial charge in [0.25, 0.3) is 0 Å². The van der Waals surface area contributed by atoms with E-state index in [1.807, 2.05) is 38.1 Å². The molecule has 0 saturated carbocycles. The van der Waals surface area contributed by atoms with Gasteiger partial charge in [-0.15, -0.1) is 0 Å². The molecule has 0 aliphatic carbocycles. The van der Waals surface area contributed by atoms with Crippen LogP contribution in [0.5, 0.6) is 0 Å². The highest BCUT2D eigenvalue weighted by Crippen LogP contribution is 2.22. The Bertz CT molecular complexity index is 867. The number of hydrogen-bond acceptors (Lipinski definition) is 3. The van der Waals surface area contributed by atoms with Crippen LogP contribution < -0.4 is 11.1 Å². The minimum atomic E-state index is -0.921. The second-order valence-electron chi connectivity index (χ2n) is 7.09. The summed E-state index contributed by atoms with van der Waals surface area (Å²) in [4.78, 5) is 20.0. The first kappa shape index (κ1) is 18.1. The van der Waals surface area contributed by atoms with E-state index in [1.165, 1.54) is 5.39 Å². The molecule has 4 N–H and O–H groups in total. The fraction of sp³-hybridized carbons (Fsp3) is 0.333. The quantitative estimate of drug-likeness (QED) is 0.612. The summed E-state index contributed by atoms with van der Waals surface area (Å²) in [7, 11) is 0. The van der Waals surface area contributed by atoms with Crippen LogP contribution in [0.15, 0.2) is 55.0 Å². The number of amides is 1. The summed E-state index contributed by atoms with van der Waals surface area (Å²) < 4.78 is 0. The number of hydrogen-bond donors (Lipinski definition) is 3. The van der Waals surface area contributed by atoms with E-state index in [0.717, 1.165) is 16.6 Å². The second kappa shape index (κ2) is 7.70. The summed E-state index contributed by atoms with van der Waals surface area (Å²) >= 11 is 0. The molecule has 1 atom stereocenters. The summed E-state index contributed by atoms with van der Waals surface area (Å²) in [5, 5.41) is 5.37. The van der Waals surface area contributed by atoms with Crippen LogP contribution in [0.25, 0.3) is 10.8 Å². The smallest absolute Gasteiger partial charge is 0.240 e. The number of nitrogens with zero attached hydrogens (tertiary/aromatic N) is 1. The molecule has 1 aromatic heterocycles. The number of carbonyl (C=O) groups is 1. The van der Waals surface area contributed by atoms with Gasteiger partial charge in [-0.2, -0.15) is 0 Å². The van der Waals surface area contributed by atoms with Crippen LogP contribution in [0.4, 0.5) is 0 Å². The largest absolute Gasteiger partial charge is 0.350 e. The molecule has 3 rings (SSSR count). The van der Waals surface area contributed by atoms with Gasteiger partial charge in [0.05, 0.1) is 11.9 Å². The molecule has 0 saturated heterocycles. The molecule has 136 valence electrons. The van der Waals surface area contributed by atoms with Crippen LogP contribution in [0.3, 0.4) is 0 Å². The van der Waals surface area contributed by atoms with Crippen molar-refractivity contribution in [3.05, 3.63) is 66.2 Å². The van der Waals surface area contributed by atoms with Crippen LogP contribution in [-0.4, -0.2) is 21.4 Å². The van der Waals surface area contributed by atoms with E-state index < -0.39 is 5.54 Å².